The summed E-state index contributed by atoms with van der Waals surface area (Å²) < 4.78 is 17.8. The highest BCUT2D eigenvalue weighted by atomic mass is 16.6. The Morgan fingerprint density at radius 1 is 0.541 bits per heavy atom. The number of fused-ring (bicyclic) bond motifs is 5. The first-order chi connectivity index (χ1) is 18.1. The van der Waals surface area contributed by atoms with Crippen molar-refractivity contribution >= 4 is 17.9 Å². The van der Waals surface area contributed by atoms with E-state index in [4.69, 9.17) is 14.2 Å². The lowest BCUT2D eigenvalue weighted by Crippen LogP contribution is -2.43. The summed E-state index contributed by atoms with van der Waals surface area (Å²) in [5, 5.41) is 0. The average molecular weight is 495 g/mol. The molecule has 37 heavy (non-hydrogen) atoms. The molecule has 3 aromatic rings. The van der Waals surface area contributed by atoms with Crippen LogP contribution in [-0.4, -0.2) is 36.2 Å². The van der Waals surface area contributed by atoms with Gasteiger partial charge in [-0.25, -0.2) is 14.4 Å². The number of benzene rings is 3. The number of rotatable bonds is 6. The third-order valence-corrected chi connectivity index (χ3v) is 7.68. The van der Waals surface area contributed by atoms with Gasteiger partial charge in [-0.3, -0.25) is 0 Å². The smallest absolute Gasteiger partial charge is 0.338 e. The summed E-state index contributed by atoms with van der Waals surface area (Å²) in [7, 11) is 0. The van der Waals surface area contributed by atoms with Crippen molar-refractivity contribution in [3.8, 4) is 0 Å². The fourth-order valence-electron chi connectivity index (χ4n) is 6.06. The van der Waals surface area contributed by atoms with Crippen LogP contribution in [0.5, 0.6) is 0 Å². The second-order valence-corrected chi connectivity index (χ2v) is 9.80. The molecule has 0 heterocycles. The van der Waals surface area contributed by atoms with Crippen molar-refractivity contribution in [3.63, 3.8) is 0 Å². The normalized spacial score (nSPS) is 27.2. The van der Waals surface area contributed by atoms with Gasteiger partial charge in [-0.2, -0.15) is 0 Å². The molecule has 0 saturated heterocycles. The van der Waals surface area contributed by atoms with Crippen LogP contribution in [0.25, 0.3) is 0 Å². The highest BCUT2D eigenvalue weighted by Crippen LogP contribution is 2.58. The second kappa shape index (κ2) is 9.69. The molecule has 0 spiro atoms. The molecule has 0 radical (unpaired) electrons. The minimum atomic E-state index is -0.601. The molecule has 6 rings (SSSR count). The van der Waals surface area contributed by atoms with Crippen LogP contribution in [0.4, 0.5) is 0 Å². The molecule has 0 aliphatic heterocycles. The fraction of sp³-hybridized carbons (Fsp3) is 0.258. The van der Waals surface area contributed by atoms with E-state index in [-0.39, 0.29) is 29.8 Å². The van der Waals surface area contributed by atoms with E-state index < -0.39 is 24.1 Å². The standard InChI is InChI=1S/C31H26O6/c32-29(19-10-4-1-5-11-19)35-22-16-23-24(17-22)26-18-25(23)27(36-30(33)20-12-6-2-7-13-20)28(26)37-31(34)21-14-8-3-9-15-21/h1-16,22,24-28H,17-18H2/t22-,24+,25+,26-,27+,28-/m1/s1. The first-order valence-electron chi connectivity index (χ1n) is 12.6. The summed E-state index contributed by atoms with van der Waals surface area (Å²) in [5.74, 6) is -1.24. The molecule has 2 saturated carbocycles. The van der Waals surface area contributed by atoms with Gasteiger partial charge in [-0.15, -0.1) is 0 Å². The predicted molar refractivity (Wildman–Crippen MR) is 135 cm³/mol. The van der Waals surface area contributed by atoms with Crippen molar-refractivity contribution in [3.05, 3.63) is 119 Å². The molecule has 186 valence electrons. The van der Waals surface area contributed by atoms with Crippen molar-refractivity contribution < 1.29 is 28.6 Å². The molecule has 3 aliphatic carbocycles. The third kappa shape index (κ3) is 4.44. The van der Waals surface area contributed by atoms with Crippen LogP contribution in [0.1, 0.15) is 43.9 Å². The highest BCUT2D eigenvalue weighted by Gasteiger charge is 2.61. The second-order valence-electron chi connectivity index (χ2n) is 9.80. The molecular weight excluding hydrogens is 468 g/mol. The SMILES string of the molecule is O=C(O[C@@H]1[C@@H]2C[C@@H](C3=C[C@@H](OC(=O)c4ccccc4)C[C@@H]32)[C@@H]1OC(=O)c1ccccc1)c1ccccc1. The number of hydrogen-bond acceptors (Lipinski definition) is 6. The fourth-order valence-corrected chi connectivity index (χ4v) is 6.06. The van der Waals surface area contributed by atoms with Crippen molar-refractivity contribution in [1.82, 2.24) is 0 Å². The molecule has 0 amide bonds. The minimum Gasteiger partial charge on any atom is -0.455 e. The summed E-state index contributed by atoms with van der Waals surface area (Å²) in [5.41, 5.74) is 2.54. The maximum Gasteiger partial charge on any atom is 0.338 e. The summed E-state index contributed by atoms with van der Waals surface area (Å²) >= 11 is 0. The van der Waals surface area contributed by atoms with Gasteiger partial charge in [0.25, 0.3) is 0 Å². The zero-order chi connectivity index (χ0) is 25.4. The summed E-state index contributed by atoms with van der Waals surface area (Å²) in [6.07, 6.45) is 1.86. The average Bonchev–Trinajstić information content (AvgIpc) is 3.61. The number of hydrogen-bond donors (Lipinski definition) is 0. The Morgan fingerprint density at radius 2 is 1.00 bits per heavy atom. The first kappa shape index (κ1) is 23.2. The lowest BCUT2D eigenvalue weighted by molar-refractivity contribution is -0.0560. The predicted octanol–water partition coefficient (Wildman–Crippen LogP) is 5.26. The molecule has 3 aromatic carbocycles. The maximum atomic E-state index is 13.0. The monoisotopic (exact) mass is 494 g/mol. The van der Waals surface area contributed by atoms with Crippen molar-refractivity contribution in [2.45, 2.75) is 31.2 Å². The van der Waals surface area contributed by atoms with Gasteiger partial charge in [0.2, 0.25) is 0 Å². The zero-order valence-electron chi connectivity index (χ0n) is 20.1. The van der Waals surface area contributed by atoms with E-state index in [2.05, 4.69) is 0 Å². The Labute approximate surface area is 214 Å². The summed E-state index contributed by atoms with van der Waals surface area (Å²) in [6, 6.07) is 26.6. The molecule has 0 N–H and O–H groups in total. The van der Waals surface area contributed by atoms with Gasteiger partial charge in [0.05, 0.1) is 16.7 Å². The maximum absolute atomic E-state index is 13.0. The van der Waals surface area contributed by atoms with Crippen LogP contribution in [0, 0.1) is 17.8 Å². The van der Waals surface area contributed by atoms with E-state index in [1.165, 1.54) is 0 Å². The zero-order valence-corrected chi connectivity index (χ0v) is 20.1. The van der Waals surface area contributed by atoms with Crippen LogP contribution in [-0.2, 0) is 14.2 Å². The molecule has 0 unspecified atom stereocenters. The Morgan fingerprint density at radius 3 is 1.51 bits per heavy atom. The van der Waals surface area contributed by atoms with E-state index in [1.807, 2.05) is 24.3 Å². The molecule has 6 heteroatoms. The third-order valence-electron chi connectivity index (χ3n) is 7.68. The molecule has 2 bridgehead atoms. The number of esters is 3. The lowest BCUT2D eigenvalue weighted by atomic mass is 9.82. The lowest BCUT2D eigenvalue weighted by Gasteiger charge is -2.34. The number of ether oxygens (including phenoxy) is 3. The first-order valence-corrected chi connectivity index (χ1v) is 12.6. The van der Waals surface area contributed by atoms with E-state index in [9.17, 15) is 14.4 Å². The number of carbonyl (C=O) groups excluding carboxylic acids is 3. The van der Waals surface area contributed by atoms with Gasteiger partial charge in [0, 0.05) is 11.8 Å². The van der Waals surface area contributed by atoms with Crippen molar-refractivity contribution in [2.75, 3.05) is 0 Å². The van der Waals surface area contributed by atoms with E-state index in [0.29, 0.717) is 23.1 Å². The van der Waals surface area contributed by atoms with Crippen LogP contribution in [0.2, 0.25) is 0 Å². The van der Waals surface area contributed by atoms with Crippen molar-refractivity contribution in [2.24, 2.45) is 17.8 Å². The van der Waals surface area contributed by atoms with Crippen LogP contribution in [0.3, 0.4) is 0 Å². The number of carbonyl (C=O) groups is 3. The van der Waals surface area contributed by atoms with Gasteiger partial charge in [0.1, 0.15) is 18.3 Å². The topological polar surface area (TPSA) is 78.9 Å². The largest absolute Gasteiger partial charge is 0.455 e. The van der Waals surface area contributed by atoms with Gasteiger partial charge in [-0.05, 0) is 61.2 Å². The van der Waals surface area contributed by atoms with Gasteiger partial charge in [0.15, 0.2) is 0 Å². The summed E-state index contributed by atoms with van der Waals surface area (Å²) in [4.78, 5) is 38.6. The molecule has 3 aliphatic rings. The minimum absolute atomic E-state index is 0.0158. The Kier molecular flexibility index (Phi) is 6.08. The van der Waals surface area contributed by atoms with Gasteiger partial charge < -0.3 is 14.2 Å². The Hall–Kier alpha value is -4.19. The van der Waals surface area contributed by atoms with E-state index in [1.54, 1.807) is 72.8 Å². The molecule has 6 nitrogen and oxygen atoms in total. The van der Waals surface area contributed by atoms with Crippen LogP contribution in [0.15, 0.2) is 103 Å². The van der Waals surface area contributed by atoms with E-state index >= 15 is 0 Å². The molecule has 0 aromatic heterocycles. The molecule has 6 atom stereocenters. The van der Waals surface area contributed by atoms with Crippen LogP contribution < -0.4 is 0 Å². The highest BCUT2D eigenvalue weighted by molar-refractivity contribution is 5.91. The Balaban J connectivity index is 1.24. The Bertz CT molecular complexity index is 1330. The summed E-state index contributed by atoms with van der Waals surface area (Å²) in [6.45, 7) is 0. The quantitative estimate of drug-likeness (QED) is 0.264. The van der Waals surface area contributed by atoms with Gasteiger partial charge >= 0.3 is 17.9 Å². The van der Waals surface area contributed by atoms with Crippen molar-refractivity contribution in [1.29, 1.82) is 0 Å². The van der Waals surface area contributed by atoms with Gasteiger partial charge in [-0.1, -0.05) is 60.2 Å². The molecular formula is C31H26O6. The molecule has 2 fully saturated rings. The van der Waals surface area contributed by atoms with Crippen LogP contribution >= 0.6 is 0 Å². The van der Waals surface area contributed by atoms with E-state index in [0.717, 1.165) is 12.0 Å².